The summed E-state index contributed by atoms with van der Waals surface area (Å²) in [5, 5.41) is 11.2. The van der Waals surface area contributed by atoms with Crippen molar-refractivity contribution in [1.29, 1.82) is 0 Å². The molecule has 1 heterocycles. The molecule has 29 heavy (non-hydrogen) atoms. The minimum absolute atomic E-state index is 0. The van der Waals surface area contributed by atoms with Crippen molar-refractivity contribution in [1.82, 2.24) is 20.4 Å². The summed E-state index contributed by atoms with van der Waals surface area (Å²) in [6.07, 6.45) is 7.52. The molecule has 0 bridgehead atoms. The molecule has 3 aromatic rings. The normalized spacial score (nSPS) is 12.9. The van der Waals surface area contributed by atoms with Crippen LogP contribution in [0.25, 0.3) is 0 Å². The molecule has 0 amide bonds. The summed E-state index contributed by atoms with van der Waals surface area (Å²) in [5.41, 5.74) is 6.84. The Hall–Kier alpha value is -2.35. The second-order valence-corrected chi connectivity index (χ2v) is 7.21. The smallest absolute Gasteiger partial charge is 0.191 e. The molecule has 1 aliphatic rings. The van der Waals surface area contributed by atoms with Crippen molar-refractivity contribution in [2.45, 2.75) is 38.9 Å². The first kappa shape index (κ1) is 21.4. The molecule has 0 aliphatic heterocycles. The van der Waals surface area contributed by atoms with E-state index in [0.29, 0.717) is 0 Å². The highest BCUT2D eigenvalue weighted by molar-refractivity contribution is 14.0. The van der Waals surface area contributed by atoms with Gasteiger partial charge in [-0.2, -0.15) is 5.10 Å². The standard InChI is InChI=1S/C23H27N5.HI/c1-24-23(25-15-18-10-11-19-8-4-9-20(19)14-18)26-16-21-6-2-3-7-22(21)17-28-13-5-12-27-28;/h2-3,5-7,10-14H,4,8-9,15-17H2,1H3,(H2,24,25,26);1H. The summed E-state index contributed by atoms with van der Waals surface area (Å²) >= 11 is 0. The van der Waals surface area contributed by atoms with E-state index in [1.807, 2.05) is 30.2 Å². The zero-order valence-corrected chi connectivity index (χ0v) is 19.1. The first-order valence-electron chi connectivity index (χ1n) is 9.91. The van der Waals surface area contributed by atoms with Crippen molar-refractivity contribution in [2.75, 3.05) is 7.05 Å². The highest BCUT2D eigenvalue weighted by atomic mass is 127. The van der Waals surface area contributed by atoms with Crippen LogP contribution in [0.1, 0.15) is 34.2 Å². The van der Waals surface area contributed by atoms with Gasteiger partial charge in [0.25, 0.3) is 0 Å². The van der Waals surface area contributed by atoms with Gasteiger partial charge in [0.1, 0.15) is 0 Å². The summed E-state index contributed by atoms with van der Waals surface area (Å²) in [7, 11) is 1.81. The molecule has 0 radical (unpaired) electrons. The van der Waals surface area contributed by atoms with Gasteiger partial charge in [0.2, 0.25) is 0 Å². The summed E-state index contributed by atoms with van der Waals surface area (Å²) in [5.74, 6) is 0.814. The number of hydrogen-bond acceptors (Lipinski definition) is 2. The average molecular weight is 501 g/mol. The van der Waals surface area contributed by atoms with E-state index in [1.165, 1.54) is 47.1 Å². The van der Waals surface area contributed by atoms with Crippen LogP contribution in [-0.4, -0.2) is 22.8 Å². The van der Waals surface area contributed by atoms with E-state index in [0.717, 1.165) is 25.6 Å². The third-order valence-corrected chi connectivity index (χ3v) is 5.30. The van der Waals surface area contributed by atoms with E-state index in [2.05, 4.69) is 63.2 Å². The molecule has 0 saturated heterocycles. The summed E-state index contributed by atoms with van der Waals surface area (Å²) in [6, 6.07) is 17.2. The van der Waals surface area contributed by atoms with E-state index in [1.54, 1.807) is 0 Å². The lowest BCUT2D eigenvalue weighted by molar-refractivity contribution is 0.677. The number of aryl methyl sites for hydroxylation is 2. The molecule has 2 aromatic carbocycles. The third kappa shape index (κ3) is 5.59. The molecule has 4 rings (SSSR count). The number of nitrogens with one attached hydrogen (secondary N) is 2. The number of rotatable bonds is 6. The molecule has 0 saturated carbocycles. The van der Waals surface area contributed by atoms with Gasteiger partial charge in [-0.1, -0.05) is 42.5 Å². The fourth-order valence-corrected chi connectivity index (χ4v) is 3.77. The number of nitrogens with zero attached hydrogens (tertiary/aromatic N) is 3. The lowest BCUT2D eigenvalue weighted by atomic mass is 10.1. The van der Waals surface area contributed by atoms with Gasteiger partial charge in [0.05, 0.1) is 6.54 Å². The van der Waals surface area contributed by atoms with Crippen LogP contribution >= 0.6 is 24.0 Å². The van der Waals surface area contributed by atoms with Crippen LogP contribution in [0, 0.1) is 0 Å². The highest BCUT2D eigenvalue weighted by Gasteiger charge is 2.11. The van der Waals surface area contributed by atoms with E-state index < -0.39 is 0 Å². The van der Waals surface area contributed by atoms with E-state index >= 15 is 0 Å². The molecule has 6 heteroatoms. The molecule has 1 aliphatic carbocycles. The van der Waals surface area contributed by atoms with Crippen LogP contribution in [0.4, 0.5) is 0 Å². The Morgan fingerprint density at radius 2 is 1.79 bits per heavy atom. The first-order chi connectivity index (χ1) is 13.8. The number of benzene rings is 2. The predicted octanol–water partition coefficient (Wildman–Crippen LogP) is 3.90. The van der Waals surface area contributed by atoms with Crippen molar-refractivity contribution in [2.24, 2.45) is 4.99 Å². The molecule has 0 spiro atoms. The quantitative estimate of drug-likeness (QED) is 0.306. The topological polar surface area (TPSA) is 54.2 Å². The van der Waals surface area contributed by atoms with E-state index in [-0.39, 0.29) is 24.0 Å². The molecular formula is C23H28IN5. The largest absolute Gasteiger partial charge is 0.352 e. The molecule has 1 aromatic heterocycles. The summed E-state index contributed by atoms with van der Waals surface area (Å²) < 4.78 is 1.94. The molecule has 2 N–H and O–H groups in total. The fraction of sp³-hybridized carbons (Fsp3) is 0.304. The van der Waals surface area contributed by atoms with Crippen LogP contribution in [0.15, 0.2) is 65.9 Å². The Morgan fingerprint density at radius 1 is 1.00 bits per heavy atom. The highest BCUT2D eigenvalue weighted by Crippen LogP contribution is 2.22. The van der Waals surface area contributed by atoms with Crippen LogP contribution in [0.5, 0.6) is 0 Å². The van der Waals surface area contributed by atoms with Crippen molar-refractivity contribution < 1.29 is 0 Å². The Morgan fingerprint density at radius 3 is 2.59 bits per heavy atom. The maximum Gasteiger partial charge on any atom is 0.191 e. The van der Waals surface area contributed by atoms with Crippen LogP contribution in [0.2, 0.25) is 0 Å². The van der Waals surface area contributed by atoms with Gasteiger partial charge < -0.3 is 10.6 Å². The van der Waals surface area contributed by atoms with Crippen LogP contribution in [-0.2, 0) is 32.5 Å². The van der Waals surface area contributed by atoms with Gasteiger partial charge in [-0.15, -0.1) is 24.0 Å². The summed E-state index contributed by atoms with van der Waals surface area (Å²) in [4.78, 5) is 4.37. The molecule has 5 nitrogen and oxygen atoms in total. The minimum Gasteiger partial charge on any atom is -0.352 e. The molecule has 152 valence electrons. The zero-order chi connectivity index (χ0) is 19.2. The van der Waals surface area contributed by atoms with Crippen molar-refractivity contribution in [3.63, 3.8) is 0 Å². The van der Waals surface area contributed by atoms with Crippen molar-refractivity contribution in [3.05, 3.63) is 88.7 Å². The minimum atomic E-state index is 0. The van der Waals surface area contributed by atoms with Crippen molar-refractivity contribution in [3.8, 4) is 0 Å². The monoisotopic (exact) mass is 501 g/mol. The predicted molar refractivity (Wildman–Crippen MR) is 129 cm³/mol. The zero-order valence-electron chi connectivity index (χ0n) is 16.8. The lowest BCUT2D eigenvalue weighted by Gasteiger charge is -2.15. The number of fused-ring (bicyclic) bond motifs is 1. The van der Waals surface area contributed by atoms with E-state index in [9.17, 15) is 0 Å². The molecule has 0 atom stereocenters. The second kappa shape index (κ2) is 10.4. The van der Waals surface area contributed by atoms with Gasteiger partial charge in [-0.3, -0.25) is 9.67 Å². The Bertz CT molecular complexity index is 950. The van der Waals surface area contributed by atoms with Crippen molar-refractivity contribution >= 4 is 29.9 Å². The van der Waals surface area contributed by atoms with Gasteiger partial charge in [0, 0.05) is 32.5 Å². The van der Waals surface area contributed by atoms with Gasteiger partial charge in [-0.25, -0.2) is 0 Å². The number of halogens is 1. The van der Waals surface area contributed by atoms with Gasteiger partial charge >= 0.3 is 0 Å². The van der Waals surface area contributed by atoms with Gasteiger partial charge in [0.15, 0.2) is 5.96 Å². The van der Waals surface area contributed by atoms with Crippen LogP contribution in [0.3, 0.4) is 0 Å². The third-order valence-electron chi connectivity index (χ3n) is 5.30. The molecular weight excluding hydrogens is 473 g/mol. The molecule has 0 fully saturated rings. The number of aliphatic imine (C=N–C) groups is 1. The Kier molecular flexibility index (Phi) is 7.69. The Labute approximate surface area is 189 Å². The maximum atomic E-state index is 4.37. The summed E-state index contributed by atoms with van der Waals surface area (Å²) in [6.45, 7) is 2.27. The fourth-order valence-electron chi connectivity index (χ4n) is 3.77. The number of guanidine groups is 1. The first-order valence-corrected chi connectivity index (χ1v) is 9.91. The lowest BCUT2D eigenvalue weighted by Crippen LogP contribution is -2.36. The maximum absolute atomic E-state index is 4.37. The molecule has 0 unspecified atom stereocenters. The number of hydrogen-bond donors (Lipinski definition) is 2. The average Bonchev–Trinajstić information content (AvgIpc) is 3.40. The number of aromatic nitrogens is 2. The van der Waals surface area contributed by atoms with Gasteiger partial charge in [-0.05, 0) is 53.1 Å². The second-order valence-electron chi connectivity index (χ2n) is 7.21. The van der Waals surface area contributed by atoms with E-state index in [4.69, 9.17) is 0 Å². The SMILES string of the molecule is CN=C(NCc1ccc2c(c1)CCC2)NCc1ccccc1Cn1cccn1.I. The van der Waals surface area contributed by atoms with Crippen LogP contribution < -0.4 is 10.6 Å². The Balaban J connectivity index is 0.00000240.